The molecule has 3 rings (SSSR count). The molecule has 140 heavy (non-hydrogen) atoms. The van der Waals surface area contributed by atoms with Gasteiger partial charge in [0, 0.05) is 54.5 Å². The summed E-state index contributed by atoms with van der Waals surface area (Å²) in [6.45, 7) is 16.5. The van der Waals surface area contributed by atoms with Gasteiger partial charge in [-0.05, 0) is 157 Å². The molecule has 1 aliphatic heterocycles. The highest BCUT2D eigenvalue weighted by atomic mass is 32.2. The highest BCUT2D eigenvalue weighted by Gasteiger charge is 2.44. The minimum Gasteiger partial charge on any atom is -0.481 e. The smallest absolute Gasteiger partial charge is 0.322 e. The Morgan fingerprint density at radius 2 is 0.936 bits per heavy atom. The molecule has 2 heterocycles. The summed E-state index contributed by atoms with van der Waals surface area (Å²) >= 11 is 9.85. The van der Waals surface area contributed by atoms with Crippen LogP contribution in [-0.4, -0.2) is 315 Å². The number of carbonyl (C=O) groups excluding carboxylic acids is 18. The van der Waals surface area contributed by atoms with E-state index >= 15 is 9.59 Å². The molecular formula is C89H149N25O23S3. The van der Waals surface area contributed by atoms with E-state index in [-0.39, 0.29) is 114 Å². The molecule has 0 unspecified atom stereocenters. The van der Waals surface area contributed by atoms with Crippen molar-refractivity contribution in [1.82, 2.24) is 100 Å². The van der Waals surface area contributed by atoms with Crippen molar-refractivity contribution >= 4 is 172 Å². The van der Waals surface area contributed by atoms with Gasteiger partial charge in [0.1, 0.15) is 97.2 Å². The summed E-state index contributed by atoms with van der Waals surface area (Å²) in [5.41, 5.74) is 29.7. The normalized spacial score (nSPS) is 16.1. The molecule has 786 valence electrons. The number of thioether (sulfide) groups is 1. The average molecular weight is 2030 g/mol. The van der Waals surface area contributed by atoms with E-state index in [9.17, 15) is 96.5 Å². The number of hydrogen-bond donors (Lipinski definition) is 29. The third-order valence-electron chi connectivity index (χ3n) is 23.1. The number of primary amides is 1. The van der Waals surface area contributed by atoms with Crippen molar-refractivity contribution in [2.45, 2.75) is 288 Å². The zero-order chi connectivity index (χ0) is 105. The van der Waals surface area contributed by atoms with E-state index in [4.69, 9.17) is 39.2 Å². The average Bonchev–Trinajstić information content (AvgIpc) is 1.65. The first-order chi connectivity index (χ1) is 66.0. The van der Waals surface area contributed by atoms with Gasteiger partial charge in [0.05, 0.1) is 25.1 Å². The summed E-state index contributed by atoms with van der Waals surface area (Å²) in [5.74, 6) is -23.4. The zero-order valence-electron chi connectivity index (χ0n) is 81.6. The number of benzene rings is 1. The quantitative estimate of drug-likeness (QED) is 0.0127. The number of unbranched alkanes of at least 4 members (excludes halogenated alkanes) is 2. The SMILES string of the molecule is CC[C@H](C)[C@H](NC(=O)[C@H](CC(C)C)NC(=O)[C@@H]1CCCN1C(=O)[C@H](CC(=O)O)NC(=O)[C@H](Cc1c[nH]c2ccccc12)NC(=O)[C@H](CCC(N)=O)NC(=O)[C@H](CS)NC(=O)[C@H](CCSC)NC(=O)[C@H](CCCCN)NC(=O)CNC(=O)[C@@H](N)C(C)C)C(=O)N[C@@H](CCCCN)C(=O)N[C@@H](CCCNC(=N)N)C(=O)N[C@H](C(=O)N[C@H](C(=O)N[C@@H](CS)C(=O)N[C@H](C(=O)NCC(=O)O)C(C)C)C(C)C)[C@@H](C)O. The van der Waals surface area contributed by atoms with Gasteiger partial charge < -0.3 is 144 Å². The monoisotopic (exact) mass is 2030 g/mol. The number of nitrogens with one attached hydrogen (secondary N) is 19. The summed E-state index contributed by atoms with van der Waals surface area (Å²) in [4.78, 5) is 283. The molecule has 0 saturated carbocycles. The van der Waals surface area contributed by atoms with Crippen LogP contribution < -0.4 is 119 Å². The van der Waals surface area contributed by atoms with Gasteiger partial charge in [-0.2, -0.15) is 37.0 Å². The number of carboxylic acid groups (broad SMARTS) is 2. The Kier molecular flexibility index (Phi) is 55.3. The van der Waals surface area contributed by atoms with Crippen LogP contribution >= 0.6 is 37.0 Å². The van der Waals surface area contributed by atoms with E-state index in [0.29, 0.717) is 41.5 Å². The van der Waals surface area contributed by atoms with Crippen molar-refractivity contribution in [3.05, 3.63) is 36.0 Å². The molecule has 2 aromatic rings. The van der Waals surface area contributed by atoms with Crippen LogP contribution in [0.15, 0.2) is 30.5 Å². The van der Waals surface area contributed by atoms with Gasteiger partial charge in [0.25, 0.3) is 0 Å². The first kappa shape index (κ1) is 122. The maximum Gasteiger partial charge on any atom is 0.322 e. The van der Waals surface area contributed by atoms with Crippen molar-refractivity contribution in [2.75, 3.05) is 62.8 Å². The van der Waals surface area contributed by atoms with Crippen LogP contribution in [0.4, 0.5) is 0 Å². The highest BCUT2D eigenvalue weighted by molar-refractivity contribution is 7.98. The molecule has 0 spiro atoms. The van der Waals surface area contributed by atoms with Gasteiger partial charge in [-0.25, -0.2) is 0 Å². The van der Waals surface area contributed by atoms with Gasteiger partial charge in [0.2, 0.25) is 106 Å². The number of rotatable bonds is 66. The maximum absolute atomic E-state index is 15.1. The summed E-state index contributed by atoms with van der Waals surface area (Å²) in [6.07, 6.45) is 0.302. The fraction of sp³-hybridized carbons (Fsp3) is 0.674. The van der Waals surface area contributed by atoms with Gasteiger partial charge in [-0.3, -0.25) is 101 Å². The molecule has 1 saturated heterocycles. The Labute approximate surface area is 829 Å². The lowest BCUT2D eigenvalue weighted by molar-refractivity contribution is -0.146. The number of nitrogens with two attached hydrogens (primary N) is 5. The molecule has 0 aliphatic carbocycles. The standard InChI is InChI=1S/C89H149N25O23S3/c1-13-48(10)71(86(135)104-54(25-17-19-32-91)74(123)101-55(26-20-33-96-89(94)95)77(126)113-72(49(11)115)87(136)111-70(47(8)9)85(134)109-62(43-139)81(130)110-69(46(6)7)84(133)99-41-67(120)121)112-79(128)58(36-44(2)3)106-82(131)63-27-21-34-114(63)88(137)60(38-66(118)119)107-78(127)59(37-50-39-97-52-23-15-14-22-51(50)52)105-75(124)56(28-29-64(92)116)102-80(129)61(42-138)108-76(125)57(30-35-140-12)103-73(122)53(24-16-18-31-90)100-65(117)40-98-83(132)68(93)45(4)5/h14-15,22-23,39,44-49,53-63,68-72,97,115,138-139H,13,16-21,24-38,40-43,90-91,93H2,1-12H3,(H2,92,116)(H,98,132)(H,99,133)(H,100,117)(H,101,123)(H,102,129)(H,103,122)(H,104,135)(H,105,124)(H,106,131)(H,107,127)(H,108,125)(H,109,134)(H,110,130)(H,111,136)(H,112,128)(H,113,126)(H,118,119)(H,120,121)(H4,94,95,96)/t48-,49+,53-,54-,55-,56-,57-,58-,59-,60-,61-,62-,63-,68-,69-,70-,71-,72-/m0/s1. The Bertz CT molecular complexity index is 4530. The number of amides is 18. The number of hydrogen-bond acceptors (Lipinski definition) is 28. The van der Waals surface area contributed by atoms with Crippen LogP contribution in [0.2, 0.25) is 0 Å². The third kappa shape index (κ3) is 42.4. The van der Waals surface area contributed by atoms with Crippen LogP contribution in [0.1, 0.15) is 184 Å². The minimum absolute atomic E-state index is 0.00710. The van der Waals surface area contributed by atoms with Crippen LogP contribution in [0.3, 0.4) is 0 Å². The number of aliphatic hydroxyl groups is 1. The largest absolute Gasteiger partial charge is 0.481 e. The molecule has 18 atom stereocenters. The number of fused-ring (bicyclic) bond motifs is 1. The molecule has 0 bridgehead atoms. The van der Waals surface area contributed by atoms with Crippen LogP contribution in [-0.2, 0) is 102 Å². The number of aromatic nitrogens is 1. The van der Waals surface area contributed by atoms with Crippen molar-refractivity contribution in [1.29, 1.82) is 5.41 Å². The van der Waals surface area contributed by atoms with E-state index in [2.05, 4.69) is 121 Å². The number of H-pyrrole nitrogens is 1. The van der Waals surface area contributed by atoms with E-state index in [0.717, 1.165) is 11.8 Å². The van der Waals surface area contributed by atoms with Crippen LogP contribution in [0.5, 0.6) is 0 Å². The lowest BCUT2D eigenvalue weighted by atomic mass is 9.96. The topological polar surface area (TPSA) is 780 Å². The number of carbonyl (C=O) groups is 20. The predicted molar refractivity (Wildman–Crippen MR) is 527 cm³/mol. The second-order valence-electron chi connectivity index (χ2n) is 36.0. The number of aromatic amines is 1. The molecule has 51 heteroatoms. The Morgan fingerprint density at radius 3 is 1.45 bits per heavy atom. The molecule has 1 aromatic heterocycles. The number of aliphatic hydroxyl groups excluding tert-OH is 1. The molecule has 18 amide bonds. The first-order valence-corrected chi connectivity index (χ1v) is 49.6. The predicted octanol–water partition coefficient (Wildman–Crippen LogP) is -5.55. The fourth-order valence-electron chi connectivity index (χ4n) is 14.8. The Balaban J connectivity index is 2.00. The van der Waals surface area contributed by atoms with E-state index in [1.54, 1.807) is 85.9 Å². The summed E-state index contributed by atoms with van der Waals surface area (Å²) in [6, 6.07) is -17.2. The number of para-hydroxylation sites is 1. The summed E-state index contributed by atoms with van der Waals surface area (Å²) in [5, 5.41) is 82.1. The van der Waals surface area contributed by atoms with Crippen LogP contribution in [0, 0.1) is 35.0 Å². The molecular weight excluding hydrogens is 1880 g/mol. The second-order valence-corrected chi connectivity index (χ2v) is 37.7. The first-order valence-electron chi connectivity index (χ1n) is 47.0. The molecule has 1 fully saturated rings. The fourth-order valence-corrected chi connectivity index (χ4v) is 15.8. The molecule has 0 radical (unpaired) electrons. The lowest BCUT2D eigenvalue weighted by Gasteiger charge is -2.32. The van der Waals surface area contributed by atoms with E-state index in [1.807, 2.05) is 0 Å². The number of thiol groups is 2. The molecule has 32 N–H and O–H groups in total. The Hall–Kier alpha value is -11.7. The van der Waals surface area contributed by atoms with Gasteiger partial charge in [0.15, 0.2) is 5.96 Å². The number of aliphatic carboxylic acids is 2. The molecule has 1 aromatic carbocycles. The number of guanidine groups is 1. The lowest BCUT2D eigenvalue weighted by Crippen LogP contribution is -2.63. The van der Waals surface area contributed by atoms with E-state index in [1.165, 1.54) is 31.8 Å². The molecule has 1 aliphatic rings. The summed E-state index contributed by atoms with van der Waals surface area (Å²) in [7, 11) is 0. The van der Waals surface area contributed by atoms with Crippen molar-refractivity contribution in [2.24, 2.45) is 58.3 Å². The number of likely N-dealkylation sites (tertiary alicyclic amines) is 1. The highest BCUT2D eigenvalue weighted by Crippen LogP contribution is 2.24. The second kappa shape index (κ2) is 63.2. The van der Waals surface area contributed by atoms with Crippen molar-refractivity contribution < 1.29 is 111 Å². The van der Waals surface area contributed by atoms with Crippen molar-refractivity contribution in [3.63, 3.8) is 0 Å². The zero-order valence-corrected chi connectivity index (χ0v) is 84.2. The van der Waals surface area contributed by atoms with Gasteiger partial charge >= 0.3 is 11.9 Å². The number of nitrogens with zero attached hydrogens (tertiary/aromatic N) is 1. The maximum atomic E-state index is 15.1. The number of carboxylic acids is 2. The van der Waals surface area contributed by atoms with Crippen LogP contribution in [0.25, 0.3) is 10.9 Å². The van der Waals surface area contributed by atoms with E-state index < -0.39 is 283 Å². The van der Waals surface area contributed by atoms with Crippen molar-refractivity contribution in [3.8, 4) is 0 Å². The van der Waals surface area contributed by atoms with Gasteiger partial charge in [-0.15, -0.1) is 0 Å². The molecule has 48 nitrogen and oxygen atoms in total. The summed E-state index contributed by atoms with van der Waals surface area (Å²) < 4.78 is 0. The third-order valence-corrected chi connectivity index (χ3v) is 24.5. The minimum atomic E-state index is -1.98. The Morgan fingerprint density at radius 1 is 0.493 bits per heavy atom. The van der Waals surface area contributed by atoms with Gasteiger partial charge in [-0.1, -0.05) is 93.9 Å².